The number of ether oxygens (including phenoxy) is 1. The lowest BCUT2D eigenvalue weighted by Crippen LogP contribution is -2.21. The molecule has 0 radical (unpaired) electrons. The van der Waals surface area contributed by atoms with E-state index in [9.17, 15) is 19.2 Å². The molecule has 0 spiro atoms. The second kappa shape index (κ2) is 8.57. The number of nitrogens with one attached hydrogen (secondary N) is 2. The first kappa shape index (κ1) is 20.1. The normalized spacial score (nSPS) is 10.4. The van der Waals surface area contributed by atoms with E-state index in [2.05, 4.69) is 10.6 Å². The molecule has 1 aromatic heterocycles. The van der Waals surface area contributed by atoms with Crippen molar-refractivity contribution in [1.82, 2.24) is 0 Å². The summed E-state index contributed by atoms with van der Waals surface area (Å²) in [5.41, 5.74) is 0.755. The van der Waals surface area contributed by atoms with Crippen molar-refractivity contribution in [3.63, 3.8) is 0 Å². The van der Waals surface area contributed by atoms with Crippen LogP contribution in [0.5, 0.6) is 0 Å². The van der Waals surface area contributed by atoms with E-state index in [0.29, 0.717) is 16.4 Å². The van der Waals surface area contributed by atoms with Crippen LogP contribution in [0.15, 0.2) is 57.7 Å². The van der Waals surface area contributed by atoms with Gasteiger partial charge in [0.25, 0.3) is 5.91 Å². The van der Waals surface area contributed by atoms with E-state index in [-0.39, 0.29) is 22.6 Å². The van der Waals surface area contributed by atoms with Gasteiger partial charge in [0, 0.05) is 29.4 Å². The fraction of sp³-hybridized carbons (Fsp3) is 0.100. The van der Waals surface area contributed by atoms with Crippen LogP contribution in [0.3, 0.4) is 0 Å². The molecule has 0 aliphatic carbocycles. The molecule has 0 unspecified atom stereocenters. The molecule has 8 nitrogen and oxygen atoms in total. The Morgan fingerprint density at radius 3 is 2.31 bits per heavy atom. The van der Waals surface area contributed by atoms with Crippen molar-refractivity contribution >= 4 is 51.7 Å². The number of hydrogen-bond acceptors (Lipinski definition) is 6. The summed E-state index contributed by atoms with van der Waals surface area (Å²) in [4.78, 5) is 47.2. The van der Waals surface area contributed by atoms with E-state index in [1.165, 1.54) is 25.1 Å². The molecule has 2 N–H and O–H groups in total. The average Bonchev–Trinajstić information content (AvgIpc) is 2.67. The third-order valence-electron chi connectivity index (χ3n) is 3.71. The van der Waals surface area contributed by atoms with Crippen LogP contribution in [-0.2, 0) is 14.3 Å². The Morgan fingerprint density at radius 1 is 1.00 bits per heavy atom. The maximum absolute atomic E-state index is 12.1. The molecular formula is C20H15ClN2O6. The summed E-state index contributed by atoms with van der Waals surface area (Å²) in [7, 11) is 0. The van der Waals surface area contributed by atoms with Crippen LogP contribution in [-0.4, -0.2) is 24.4 Å². The molecule has 1 heterocycles. The van der Waals surface area contributed by atoms with Crippen molar-refractivity contribution in [1.29, 1.82) is 0 Å². The zero-order valence-corrected chi connectivity index (χ0v) is 15.9. The lowest BCUT2D eigenvalue weighted by atomic mass is 10.2. The largest absolute Gasteiger partial charge is 0.450 e. The minimum atomic E-state index is -0.949. The maximum Gasteiger partial charge on any atom is 0.374 e. The minimum Gasteiger partial charge on any atom is -0.450 e. The van der Waals surface area contributed by atoms with Gasteiger partial charge in [0.05, 0.1) is 5.39 Å². The molecular weight excluding hydrogens is 400 g/mol. The summed E-state index contributed by atoms with van der Waals surface area (Å²) in [6, 6.07) is 11.8. The Labute approximate surface area is 169 Å². The Bertz CT molecular complexity index is 1150. The Morgan fingerprint density at radius 2 is 1.66 bits per heavy atom. The number of rotatable bonds is 5. The molecule has 0 fully saturated rings. The van der Waals surface area contributed by atoms with Gasteiger partial charge in [-0.25, -0.2) is 4.79 Å². The highest BCUT2D eigenvalue weighted by molar-refractivity contribution is 6.31. The fourth-order valence-corrected chi connectivity index (χ4v) is 2.64. The van der Waals surface area contributed by atoms with Crippen LogP contribution in [0.25, 0.3) is 11.0 Å². The number of fused-ring (bicyclic) bond motifs is 1. The maximum atomic E-state index is 12.1. The van der Waals surface area contributed by atoms with Gasteiger partial charge >= 0.3 is 5.97 Å². The van der Waals surface area contributed by atoms with Crippen molar-refractivity contribution in [2.75, 3.05) is 17.2 Å². The van der Waals surface area contributed by atoms with E-state index >= 15 is 0 Å². The fourth-order valence-electron chi connectivity index (χ4n) is 2.47. The van der Waals surface area contributed by atoms with Crippen LogP contribution in [0, 0.1) is 0 Å². The van der Waals surface area contributed by atoms with Crippen molar-refractivity contribution in [3.8, 4) is 0 Å². The van der Waals surface area contributed by atoms with Gasteiger partial charge < -0.3 is 19.8 Å². The average molecular weight is 415 g/mol. The number of halogens is 1. The highest BCUT2D eigenvalue weighted by Gasteiger charge is 2.16. The number of hydrogen-bond donors (Lipinski definition) is 2. The van der Waals surface area contributed by atoms with Gasteiger partial charge in [-0.3, -0.25) is 14.4 Å². The first-order chi connectivity index (χ1) is 13.8. The van der Waals surface area contributed by atoms with Crippen LogP contribution >= 0.6 is 11.6 Å². The molecule has 3 aromatic rings. The molecule has 3 rings (SSSR count). The van der Waals surface area contributed by atoms with E-state index in [1.54, 1.807) is 24.3 Å². The van der Waals surface area contributed by atoms with Crippen molar-refractivity contribution in [3.05, 3.63) is 69.5 Å². The molecule has 0 saturated carbocycles. The van der Waals surface area contributed by atoms with Gasteiger partial charge in [-0.1, -0.05) is 11.6 Å². The minimum absolute atomic E-state index is 0.178. The number of benzene rings is 2. The predicted molar refractivity (Wildman–Crippen MR) is 107 cm³/mol. The Kier molecular flexibility index (Phi) is 5.94. The summed E-state index contributed by atoms with van der Waals surface area (Å²) in [5, 5.41) is 5.73. The van der Waals surface area contributed by atoms with Gasteiger partial charge in [0.1, 0.15) is 5.58 Å². The molecule has 0 atom stereocenters. The summed E-state index contributed by atoms with van der Waals surface area (Å²) in [6.45, 7) is 0.811. The quantitative estimate of drug-likeness (QED) is 0.619. The Hall–Kier alpha value is -3.65. The summed E-state index contributed by atoms with van der Waals surface area (Å²) >= 11 is 5.84. The summed E-state index contributed by atoms with van der Waals surface area (Å²) < 4.78 is 10.3. The molecule has 29 heavy (non-hydrogen) atoms. The first-order valence-corrected chi connectivity index (χ1v) is 8.77. The third-order valence-corrected chi connectivity index (χ3v) is 3.95. The van der Waals surface area contributed by atoms with Crippen LogP contribution in [0.1, 0.15) is 17.5 Å². The van der Waals surface area contributed by atoms with Gasteiger partial charge in [0.2, 0.25) is 11.7 Å². The van der Waals surface area contributed by atoms with E-state index < -0.39 is 23.9 Å². The van der Waals surface area contributed by atoms with Crippen molar-refractivity contribution in [2.24, 2.45) is 0 Å². The second-order valence-electron chi connectivity index (χ2n) is 6.00. The SMILES string of the molecule is CC(=O)Nc1ccc(NC(=O)COC(=O)c2cc(=O)c3cc(Cl)ccc3o2)cc1. The van der Waals surface area contributed by atoms with Gasteiger partial charge in [-0.05, 0) is 42.5 Å². The van der Waals surface area contributed by atoms with E-state index in [1.807, 2.05) is 0 Å². The lowest BCUT2D eigenvalue weighted by Gasteiger charge is -2.08. The number of esters is 1. The van der Waals surface area contributed by atoms with Crippen LogP contribution in [0.2, 0.25) is 5.02 Å². The van der Waals surface area contributed by atoms with E-state index in [0.717, 1.165) is 6.07 Å². The molecule has 0 saturated heterocycles. The monoisotopic (exact) mass is 414 g/mol. The molecule has 0 aliphatic rings. The van der Waals surface area contributed by atoms with Crippen LogP contribution < -0.4 is 16.1 Å². The molecule has 0 bridgehead atoms. The lowest BCUT2D eigenvalue weighted by molar-refractivity contribution is -0.119. The Balaban J connectivity index is 1.61. The first-order valence-electron chi connectivity index (χ1n) is 8.40. The van der Waals surface area contributed by atoms with Crippen molar-refractivity contribution in [2.45, 2.75) is 6.92 Å². The van der Waals surface area contributed by atoms with Gasteiger partial charge in [0.15, 0.2) is 12.0 Å². The van der Waals surface area contributed by atoms with E-state index in [4.69, 9.17) is 20.8 Å². The third kappa shape index (κ3) is 5.20. The molecule has 2 amide bonds. The topological polar surface area (TPSA) is 115 Å². The second-order valence-corrected chi connectivity index (χ2v) is 6.43. The van der Waals surface area contributed by atoms with Gasteiger partial charge in [-0.2, -0.15) is 0 Å². The molecule has 148 valence electrons. The highest BCUT2D eigenvalue weighted by Crippen LogP contribution is 2.18. The number of amides is 2. The molecule has 0 aliphatic heterocycles. The standard InChI is InChI=1S/C20H15ClN2O6/c1-11(24)22-13-3-5-14(6-4-13)23-19(26)10-28-20(27)18-9-16(25)15-8-12(21)2-7-17(15)29-18/h2-9H,10H2,1H3,(H,22,24)(H,23,26). The van der Waals surface area contributed by atoms with Crippen molar-refractivity contribution < 1.29 is 23.5 Å². The number of anilines is 2. The molecule has 2 aromatic carbocycles. The number of carbonyl (C=O) groups is 3. The molecule has 9 heteroatoms. The number of carbonyl (C=O) groups excluding carboxylic acids is 3. The highest BCUT2D eigenvalue weighted by atomic mass is 35.5. The summed E-state index contributed by atoms with van der Waals surface area (Å²) in [6.07, 6.45) is 0. The zero-order valence-electron chi connectivity index (χ0n) is 15.2. The zero-order chi connectivity index (χ0) is 21.0. The smallest absolute Gasteiger partial charge is 0.374 e. The predicted octanol–water partition coefficient (Wildman–Crippen LogP) is 3.20. The van der Waals surface area contributed by atoms with Gasteiger partial charge in [-0.15, -0.1) is 0 Å². The summed E-state index contributed by atoms with van der Waals surface area (Å²) in [5.74, 6) is -2.06. The van der Waals surface area contributed by atoms with Crippen LogP contribution in [0.4, 0.5) is 11.4 Å².